The van der Waals surface area contributed by atoms with Crippen molar-refractivity contribution in [3.63, 3.8) is 0 Å². The largest absolute Gasteiger partial charge is 0.508 e. The molecule has 5 rings (SSSR count). The van der Waals surface area contributed by atoms with E-state index in [2.05, 4.69) is 22.3 Å². The second kappa shape index (κ2) is 13.7. The Morgan fingerprint density at radius 2 is 1.60 bits per heavy atom. The molecule has 228 valence electrons. The molecule has 2 N–H and O–H groups in total. The Kier molecular flexibility index (Phi) is 10.1. The summed E-state index contributed by atoms with van der Waals surface area (Å²) in [7, 11) is 5.74. The van der Waals surface area contributed by atoms with Crippen LogP contribution in [0.5, 0.6) is 5.75 Å². The van der Waals surface area contributed by atoms with Crippen LogP contribution in [-0.2, 0) is 35.6 Å². The zero-order valence-electron chi connectivity index (χ0n) is 24.3. The van der Waals surface area contributed by atoms with Gasteiger partial charge in [-0.25, -0.2) is 14.8 Å². The number of nitrogens with one attached hydrogen (secondary N) is 1. The van der Waals surface area contributed by atoms with E-state index in [4.69, 9.17) is 0 Å². The van der Waals surface area contributed by atoms with Crippen molar-refractivity contribution in [1.29, 1.82) is 0 Å². The quantitative estimate of drug-likeness (QED) is 0.421. The Bertz CT molecular complexity index is 1410. The van der Waals surface area contributed by atoms with Gasteiger partial charge in [-0.3, -0.25) is 9.59 Å². The zero-order valence-corrected chi connectivity index (χ0v) is 24.3. The van der Waals surface area contributed by atoms with Gasteiger partial charge >= 0.3 is 6.03 Å². The van der Waals surface area contributed by atoms with E-state index in [1.165, 1.54) is 0 Å². The molecule has 2 aliphatic heterocycles. The molecule has 10 heteroatoms. The first-order valence-electron chi connectivity index (χ1n) is 14.1. The van der Waals surface area contributed by atoms with Gasteiger partial charge in [-0.15, -0.1) is 0 Å². The lowest BCUT2D eigenvalue weighted by Gasteiger charge is -2.54. The fourth-order valence-electron chi connectivity index (χ4n) is 5.77. The molecular formula is C33H42N6O4. The van der Waals surface area contributed by atoms with Crippen molar-refractivity contribution in [3.05, 3.63) is 101 Å². The summed E-state index contributed by atoms with van der Waals surface area (Å²) in [6.45, 7) is 1.62. The number of hydrazine groups is 1. The number of amides is 4. The topological polar surface area (TPSA) is 99.7 Å². The number of phenols is 1. The van der Waals surface area contributed by atoms with E-state index in [-0.39, 0.29) is 50.5 Å². The maximum Gasteiger partial charge on any atom is 0.334 e. The number of aromatic hydroxyl groups is 1. The van der Waals surface area contributed by atoms with Gasteiger partial charge in [0, 0.05) is 33.1 Å². The predicted octanol–water partition coefficient (Wildman–Crippen LogP) is 3.27. The third-order valence-electron chi connectivity index (χ3n) is 7.66. The number of fused-ring (bicyclic) bond motifs is 1. The molecule has 3 aromatic rings. The number of piperazine rings is 1. The molecule has 0 saturated carbocycles. The highest BCUT2D eigenvalue weighted by molar-refractivity contribution is 5.91. The standard InChI is InChI=1S/C32H38N6O4.CH4/c1-34(2)19-25-10-7-11-26(16-25)20-36-21-29-37(28(31(36)41)17-23-12-14-27(39)15-13-23)30(40)22-35(3)38(29)32(42)33-18-24-8-5-4-6-9-24;/h4-16,28-29,39H,17-22H2,1-3H3,(H,33,42);1H4/t28-,29-;/m0./s1. The van der Waals surface area contributed by atoms with E-state index in [0.29, 0.717) is 13.1 Å². The minimum absolute atomic E-state index is 0. The Morgan fingerprint density at radius 1 is 0.930 bits per heavy atom. The molecule has 0 aliphatic carbocycles. The van der Waals surface area contributed by atoms with Crippen LogP contribution in [0.2, 0.25) is 0 Å². The van der Waals surface area contributed by atoms with Gasteiger partial charge in [-0.1, -0.05) is 74.2 Å². The minimum Gasteiger partial charge on any atom is -0.508 e. The SMILES string of the molecule is C.CN(C)Cc1cccc(CN2C[C@H]3N(C(=O)CN(C)N3C(=O)NCc3ccccc3)[C@@H](Cc3ccc(O)cc3)C2=O)c1. The first-order chi connectivity index (χ1) is 20.2. The molecule has 43 heavy (non-hydrogen) atoms. The third-order valence-corrected chi connectivity index (χ3v) is 7.66. The van der Waals surface area contributed by atoms with Crippen molar-refractivity contribution in [2.45, 2.75) is 45.7 Å². The van der Waals surface area contributed by atoms with Gasteiger partial charge < -0.3 is 25.1 Å². The van der Waals surface area contributed by atoms with E-state index >= 15 is 0 Å². The highest BCUT2D eigenvalue weighted by Gasteiger charge is 2.50. The highest BCUT2D eigenvalue weighted by Crippen LogP contribution is 2.29. The molecule has 0 bridgehead atoms. The molecule has 2 saturated heterocycles. The fourth-order valence-corrected chi connectivity index (χ4v) is 5.77. The number of urea groups is 1. The third kappa shape index (κ3) is 7.33. The molecule has 4 amide bonds. The van der Waals surface area contributed by atoms with Crippen LogP contribution in [0.25, 0.3) is 0 Å². The lowest BCUT2D eigenvalue weighted by atomic mass is 9.98. The van der Waals surface area contributed by atoms with Crippen molar-refractivity contribution in [1.82, 2.24) is 30.0 Å². The number of hydrogen-bond donors (Lipinski definition) is 2. The van der Waals surface area contributed by atoms with Gasteiger partial charge in [0.15, 0.2) is 0 Å². The maximum atomic E-state index is 14.1. The van der Waals surface area contributed by atoms with Crippen molar-refractivity contribution >= 4 is 17.8 Å². The zero-order chi connectivity index (χ0) is 29.8. The smallest absolute Gasteiger partial charge is 0.334 e. The predicted molar refractivity (Wildman–Crippen MR) is 165 cm³/mol. The molecule has 0 unspecified atom stereocenters. The Balaban J connectivity index is 0.00000423. The van der Waals surface area contributed by atoms with Crippen LogP contribution in [0.1, 0.15) is 29.7 Å². The van der Waals surface area contributed by atoms with Gasteiger partial charge in [0.2, 0.25) is 11.8 Å². The number of phenolic OH excluding ortho intramolecular Hbond substituents is 1. The summed E-state index contributed by atoms with van der Waals surface area (Å²) in [6.07, 6.45) is -0.418. The van der Waals surface area contributed by atoms with Gasteiger partial charge in [0.1, 0.15) is 18.0 Å². The first-order valence-corrected chi connectivity index (χ1v) is 14.1. The molecule has 3 aromatic carbocycles. The van der Waals surface area contributed by atoms with Gasteiger partial charge in [0.25, 0.3) is 0 Å². The van der Waals surface area contributed by atoms with E-state index in [1.807, 2.05) is 56.6 Å². The number of hydrogen-bond acceptors (Lipinski definition) is 6. The summed E-state index contributed by atoms with van der Waals surface area (Å²) in [5, 5.41) is 16.0. The van der Waals surface area contributed by atoms with E-state index in [1.54, 1.807) is 51.1 Å². The number of benzene rings is 3. The minimum atomic E-state index is -0.802. The van der Waals surface area contributed by atoms with Crippen molar-refractivity contribution in [3.8, 4) is 5.75 Å². The van der Waals surface area contributed by atoms with Crippen LogP contribution in [0.4, 0.5) is 4.79 Å². The molecule has 2 atom stereocenters. The number of carbonyl (C=O) groups excluding carboxylic acids is 3. The average Bonchev–Trinajstić information content (AvgIpc) is 2.95. The Morgan fingerprint density at radius 3 is 2.30 bits per heavy atom. The molecule has 10 nitrogen and oxygen atoms in total. The summed E-state index contributed by atoms with van der Waals surface area (Å²) >= 11 is 0. The number of nitrogens with zero attached hydrogens (tertiary/aromatic N) is 5. The normalized spacial score (nSPS) is 18.8. The molecule has 2 heterocycles. The maximum absolute atomic E-state index is 14.1. The van der Waals surface area contributed by atoms with E-state index < -0.39 is 12.2 Å². The average molecular weight is 587 g/mol. The van der Waals surface area contributed by atoms with Crippen LogP contribution in [0.15, 0.2) is 78.9 Å². The Hall–Kier alpha value is -4.41. The van der Waals surface area contributed by atoms with Crippen molar-refractivity contribution in [2.24, 2.45) is 0 Å². The molecule has 2 fully saturated rings. The van der Waals surface area contributed by atoms with Crippen LogP contribution in [-0.4, -0.2) is 94.1 Å². The van der Waals surface area contributed by atoms with Gasteiger partial charge in [-0.05, 0) is 48.5 Å². The number of carbonyl (C=O) groups is 3. The molecule has 0 spiro atoms. The second-order valence-electron chi connectivity index (χ2n) is 11.2. The highest BCUT2D eigenvalue weighted by atomic mass is 16.3. The monoisotopic (exact) mass is 586 g/mol. The second-order valence-corrected chi connectivity index (χ2v) is 11.2. The van der Waals surface area contributed by atoms with E-state index in [0.717, 1.165) is 28.8 Å². The first kappa shape index (κ1) is 31.5. The summed E-state index contributed by atoms with van der Waals surface area (Å²) in [4.78, 5) is 46.6. The lowest BCUT2D eigenvalue weighted by molar-refractivity contribution is -0.187. The molecular weight excluding hydrogens is 544 g/mol. The lowest BCUT2D eigenvalue weighted by Crippen LogP contribution is -2.76. The molecule has 0 aromatic heterocycles. The summed E-state index contributed by atoms with van der Waals surface area (Å²) in [5.74, 6) is -0.248. The summed E-state index contributed by atoms with van der Waals surface area (Å²) < 4.78 is 0. The van der Waals surface area contributed by atoms with Crippen molar-refractivity contribution < 1.29 is 19.5 Å². The van der Waals surface area contributed by atoms with Gasteiger partial charge in [-0.2, -0.15) is 0 Å². The summed E-state index contributed by atoms with van der Waals surface area (Å²) in [5.41, 5.74) is 3.89. The van der Waals surface area contributed by atoms with E-state index in [9.17, 15) is 19.5 Å². The van der Waals surface area contributed by atoms with Crippen molar-refractivity contribution in [2.75, 3.05) is 34.2 Å². The van der Waals surface area contributed by atoms with Crippen LogP contribution < -0.4 is 5.32 Å². The number of likely N-dealkylation sites (N-methyl/N-ethyl adjacent to an activating group) is 1. The van der Waals surface area contributed by atoms with Crippen LogP contribution in [0, 0.1) is 0 Å². The summed E-state index contributed by atoms with van der Waals surface area (Å²) in [6, 6.07) is 23.3. The molecule has 0 radical (unpaired) electrons. The fraction of sp³-hybridized carbons (Fsp3) is 0.364. The van der Waals surface area contributed by atoms with Crippen LogP contribution >= 0.6 is 0 Å². The van der Waals surface area contributed by atoms with Crippen LogP contribution in [0.3, 0.4) is 0 Å². The molecule has 2 aliphatic rings. The van der Waals surface area contributed by atoms with Gasteiger partial charge in [0.05, 0.1) is 13.1 Å². The Labute approximate surface area is 254 Å². The number of rotatable bonds is 8.